The minimum Gasteiger partial charge on any atom is -0.456 e. The predicted octanol–water partition coefficient (Wildman–Crippen LogP) is 0.454. The second-order valence-corrected chi connectivity index (χ2v) is 8.86. The first-order chi connectivity index (χ1) is 12.5. The number of carbonyl (C=O) groups excluding carboxylic acids is 1. The zero-order chi connectivity index (χ0) is 20.5. The molecule has 0 fully saturated rings. The van der Waals surface area contributed by atoms with Gasteiger partial charge in [0.25, 0.3) is 5.56 Å². The van der Waals surface area contributed by atoms with Gasteiger partial charge in [-0.15, -0.1) is 0 Å². The molecule has 0 saturated carbocycles. The summed E-state index contributed by atoms with van der Waals surface area (Å²) in [4.78, 5) is 35.8. The monoisotopic (exact) mass is 459 g/mol. The highest BCUT2D eigenvalue weighted by atomic mass is 79.9. The van der Waals surface area contributed by atoms with Crippen LogP contribution >= 0.6 is 15.9 Å². The van der Waals surface area contributed by atoms with Gasteiger partial charge >= 0.3 is 11.7 Å². The molecule has 0 aliphatic heterocycles. The van der Waals surface area contributed by atoms with Crippen molar-refractivity contribution in [3.05, 3.63) is 60.8 Å². The molecule has 0 radical (unpaired) electrons. The predicted molar refractivity (Wildman–Crippen MR) is 101 cm³/mol. The quantitative estimate of drug-likeness (QED) is 0.600. The third kappa shape index (κ3) is 4.20. The maximum atomic E-state index is 12.3. The van der Waals surface area contributed by atoms with Crippen LogP contribution in [0.4, 0.5) is 0 Å². The Bertz CT molecular complexity index is 1120. The molecule has 27 heavy (non-hydrogen) atoms. The highest BCUT2D eigenvalue weighted by Gasteiger charge is 2.22. The Morgan fingerprint density at radius 3 is 2.37 bits per heavy atom. The smallest absolute Gasteiger partial charge is 0.338 e. The average Bonchev–Trinajstić information content (AvgIpc) is 2.61. The number of esters is 1. The van der Waals surface area contributed by atoms with Gasteiger partial charge in [-0.3, -0.25) is 13.9 Å². The first-order valence-electron chi connectivity index (χ1n) is 7.62. The molecule has 0 bridgehead atoms. The third-order valence-corrected chi connectivity index (χ3v) is 6.71. The molecule has 0 amide bonds. The summed E-state index contributed by atoms with van der Waals surface area (Å²) >= 11 is 3.16. The Labute approximate surface area is 164 Å². The van der Waals surface area contributed by atoms with Gasteiger partial charge in [0.05, 0.1) is 16.2 Å². The molecular formula is C16H18BrN3O6S. The Balaban J connectivity index is 2.31. The summed E-state index contributed by atoms with van der Waals surface area (Å²) in [6.07, 6.45) is 0. The fraction of sp³-hybridized carbons (Fsp3) is 0.312. The Hall–Kier alpha value is -2.24. The molecule has 2 aromatic rings. The topological polar surface area (TPSA) is 108 Å². The van der Waals surface area contributed by atoms with Gasteiger partial charge in [-0.05, 0) is 34.1 Å². The average molecular weight is 460 g/mol. The van der Waals surface area contributed by atoms with Crippen LogP contribution in [0.5, 0.6) is 0 Å². The van der Waals surface area contributed by atoms with Crippen molar-refractivity contribution < 1.29 is 17.9 Å². The van der Waals surface area contributed by atoms with E-state index in [-0.39, 0.29) is 22.8 Å². The zero-order valence-corrected chi connectivity index (χ0v) is 17.5. The molecule has 11 heteroatoms. The number of hydrogen-bond donors (Lipinski definition) is 0. The van der Waals surface area contributed by atoms with Gasteiger partial charge in [0, 0.05) is 38.7 Å². The summed E-state index contributed by atoms with van der Waals surface area (Å²) in [7, 11) is 1.79. The lowest BCUT2D eigenvalue weighted by Crippen LogP contribution is -2.38. The van der Waals surface area contributed by atoms with Crippen LogP contribution in [0, 0.1) is 0 Å². The maximum Gasteiger partial charge on any atom is 0.338 e. The number of sulfonamides is 1. The van der Waals surface area contributed by atoms with Crippen molar-refractivity contribution in [1.82, 2.24) is 13.4 Å². The Morgan fingerprint density at radius 1 is 1.15 bits per heavy atom. The fourth-order valence-corrected chi connectivity index (χ4v) is 4.01. The molecule has 1 aromatic carbocycles. The van der Waals surface area contributed by atoms with Crippen molar-refractivity contribution in [2.45, 2.75) is 11.5 Å². The van der Waals surface area contributed by atoms with E-state index in [4.69, 9.17) is 4.74 Å². The van der Waals surface area contributed by atoms with Crippen LogP contribution in [0.3, 0.4) is 0 Å². The van der Waals surface area contributed by atoms with E-state index in [2.05, 4.69) is 15.9 Å². The highest BCUT2D eigenvalue weighted by Crippen LogP contribution is 2.25. The largest absolute Gasteiger partial charge is 0.456 e. The van der Waals surface area contributed by atoms with Crippen LogP contribution < -0.4 is 11.2 Å². The summed E-state index contributed by atoms with van der Waals surface area (Å²) in [5.74, 6) is -0.786. The minimum absolute atomic E-state index is 0.0208. The molecule has 0 N–H and O–H groups in total. The summed E-state index contributed by atoms with van der Waals surface area (Å²) in [5, 5.41) is 0. The molecule has 0 spiro atoms. The van der Waals surface area contributed by atoms with E-state index in [1.165, 1.54) is 57.0 Å². The van der Waals surface area contributed by atoms with Crippen molar-refractivity contribution in [3.63, 3.8) is 0 Å². The Morgan fingerprint density at radius 2 is 1.78 bits per heavy atom. The molecule has 2 rings (SSSR count). The molecule has 146 valence electrons. The van der Waals surface area contributed by atoms with Gasteiger partial charge in [-0.1, -0.05) is 0 Å². The number of nitrogens with zero attached hydrogens (tertiary/aromatic N) is 3. The minimum atomic E-state index is -3.76. The lowest BCUT2D eigenvalue weighted by molar-refractivity contribution is 0.0462. The van der Waals surface area contributed by atoms with E-state index in [0.29, 0.717) is 4.47 Å². The second-order valence-electron chi connectivity index (χ2n) is 5.88. The first-order valence-corrected chi connectivity index (χ1v) is 9.85. The van der Waals surface area contributed by atoms with Crippen molar-refractivity contribution in [1.29, 1.82) is 0 Å². The molecule has 9 nitrogen and oxygen atoms in total. The lowest BCUT2D eigenvalue weighted by Gasteiger charge is -2.14. The van der Waals surface area contributed by atoms with E-state index in [1.54, 1.807) is 0 Å². The number of benzene rings is 1. The van der Waals surface area contributed by atoms with Crippen LogP contribution in [0.15, 0.2) is 43.2 Å². The van der Waals surface area contributed by atoms with Crippen molar-refractivity contribution >= 4 is 31.9 Å². The molecule has 1 aromatic heterocycles. The number of rotatable bonds is 5. The summed E-state index contributed by atoms with van der Waals surface area (Å²) < 4.78 is 33.3. The molecule has 0 aliphatic carbocycles. The number of halogens is 1. The van der Waals surface area contributed by atoms with E-state index in [9.17, 15) is 22.8 Å². The number of hydrogen-bond acceptors (Lipinski definition) is 6. The molecule has 1 heterocycles. The number of ether oxygens (including phenoxy) is 1. The lowest BCUT2D eigenvalue weighted by atomic mass is 10.2. The van der Waals surface area contributed by atoms with Crippen LogP contribution in [-0.2, 0) is 35.5 Å². The summed E-state index contributed by atoms with van der Waals surface area (Å²) in [6, 6.07) is 5.23. The summed E-state index contributed by atoms with van der Waals surface area (Å²) in [5.41, 5.74) is -0.828. The van der Waals surface area contributed by atoms with E-state index >= 15 is 0 Å². The third-order valence-electron chi connectivity index (χ3n) is 3.90. The van der Waals surface area contributed by atoms with Gasteiger partial charge < -0.3 is 4.74 Å². The van der Waals surface area contributed by atoms with Gasteiger partial charge in [-0.2, -0.15) is 0 Å². The van der Waals surface area contributed by atoms with Crippen molar-refractivity contribution in [3.8, 4) is 0 Å². The fourth-order valence-electron chi connectivity index (χ4n) is 2.16. The SMILES string of the molecule is CN(C)S(=O)(=O)c1cc(C(=O)OCc2cc(=O)n(C)c(=O)n2C)ccc1Br. The molecule has 0 atom stereocenters. The van der Waals surface area contributed by atoms with Gasteiger partial charge in [0.1, 0.15) is 6.61 Å². The second kappa shape index (κ2) is 7.79. The van der Waals surface area contributed by atoms with E-state index in [1.807, 2.05) is 0 Å². The Kier molecular flexibility index (Phi) is 6.07. The van der Waals surface area contributed by atoms with Gasteiger partial charge in [0.2, 0.25) is 10.0 Å². The van der Waals surface area contributed by atoms with Crippen LogP contribution in [-0.4, -0.2) is 41.9 Å². The van der Waals surface area contributed by atoms with E-state index < -0.39 is 27.2 Å². The number of aromatic nitrogens is 2. The van der Waals surface area contributed by atoms with Gasteiger partial charge in [0.15, 0.2) is 0 Å². The van der Waals surface area contributed by atoms with Crippen LogP contribution in [0.2, 0.25) is 0 Å². The van der Waals surface area contributed by atoms with Crippen LogP contribution in [0.25, 0.3) is 0 Å². The number of carbonyl (C=O) groups is 1. The first kappa shape index (κ1) is 21.1. The highest BCUT2D eigenvalue weighted by molar-refractivity contribution is 9.10. The molecule has 0 unspecified atom stereocenters. The molecule has 0 saturated heterocycles. The van der Waals surface area contributed by atoms with Gasteiger partial charge in [-0.25, -0.2) is 22.3 Å². The van der Waals surface area contributed by atoms with E-state index in [0.717, 1.165) is 8.87 Å². The molecular weight excluding hydrogens is 442 g/mol. The van der Waals surface area contributed by atoms with Crippen molar-refractivity contribution in [2.24, 2.45) is 14.1 Å². The van der Waals surface area contributed by atoms with Crippen molar-refractivity contribution in [2.75, 3.05) is 14.1 Å². The summed E-state index contributed by atoms with van der Waals surface area (Å²) in [6.45, 7) is -0.313. The maximum absolute atomic E-state index is 12.3. The molecule has 0 aliphatic rings. The van der Waals surface area contributed by atoms with Crippen LogP contribution in [0.1, 0.15) is 16.1 Å². The zero-order valence-electron chi connectivity index (χ0n) is 15.1. The standard InChI is InChI=1S/C16H18BrN3O6S/c1-18(2)27(24,25)13-7-10(5-6-12(13)17)15(22)26-9-11-8-14(21)20(4)16(23)19(11)3/h5-8H,9H2,1-4H3. The normalized spacial score (nSPS) is 11.6.